The van der Waals surface area contributed by atoms with E-state index in [0.29, 0.717) is 12.4 Å². The summed E-state index contributed by atoms with van der Waals surface area (Å²) in [5.74, 6) is 0.422. The second-order valence-corrected chi connectivity index (χ2v) is 8.79. The summed E-state index contributed by atoms with van der Waals surface area (Å²) in [5, 5.41) is 9.48. The molecule has 174 valence electrons. The average molecular weight is 483 g/mol. The van der Waals surface area contributed by atoms with E-state index >= 15 is 0 Å². The summed E-state index contributed by atoms with van der Waals surface area (Å²) in [6, 6.07) is 1.01. The maximum Gasteiger partial charge on any atom is 0.697 e. The van der Waals surface area contributed by atoms with E-state index in [0.717, 1.165) is 28.6 Å². The molecule has 1 aromatic rings. The minimum atomic E-state index is -2.76. The van der Waals surface area contributed by atoms with Crippen LogP contribution in [0.3, 0.4) is 0 Å². The van der Waals surface area contributed by atoms with Crippen molar-refractivity contribution >= 4 is 25.1 Å². The topological polar surface area (TPSA) is 146 Å². The van der Waals surface area contributed by atoms with Gasteiger partial charge in [0.2, 0.25) is 0 Å². The molecule has 1 aromatic heterocycles. The summed E-state index contributed by atoms with van der Waals surface area (Å²) in [6.45, 7) is 3.24. The summed E-state index contributed by atoms with van der Waals surface area (Å²) < 4.78 is 48.2. The number of halogens is 1. The molecular formula is C17H25FN2O9PS+. The third kappa shape index (κ3) is 7.56. The van der Waals surface area contributed by atoms with Crippen molar-refractivity contribution in [3.05, 3.63) is 33.1 Å². The highest BCUT2D eigenvalue weighted by Crippen LogP contribution is 2.38. The van der Waals surface area contributed by atoms with Gasteiger partial charge in [0.05, 0.1) is 19.8 Å². The van der Waals surface area contributed by atoms with Gasteiger partial charge in [0.1, 0.15) is 12.7 Å². The molecule has 0 spiro atoms. The first-order valence-corrected chi connectivity index (χ1v) is 11.6. The van der Waals surface area contributed by atoms with Crippen molar-refractivity contribution in [2.45, 2.75) is 38.5 Å². The third-order valence-corrected chi connectivity index (χ3v) is 6.08. The van der Waals surface area contributed by atoms with E-state index in [1.807, 2.05) is 4.98 Å². The van der Waals surface area contributed by atoms with Crippen molar-refractivity contribution in [3.63, 3.8) is 0 Å². The fraction of sp³-hybridized carbons (Fsp3) is 0.706. The molecule has 0 bridgehead atoms. The van der Waals surface area contributed by atoms with Gasteiger partial charge in [-0.15, -0.1) is 9.05 Å². The van der Waals surface area contributed by atoms with Crippen molar-refractivity contribution in [2.24, 2.45) is 5.92 Å². The van der Waals surface area contributed by atoms with Crippen LogP contribution in [0.15, 0.2) is 21.9 Å². The maximum absolute atomic E-state index is 14.8. The van der Waals surface area contributed by atoms with Gasteiger partial charge in [-0.25, -0.2) is 9.18 Å². The Morgan fingerprint density at radius 1 is 1.39 bits per heavy atom. The number of aliphatic hydroxyl groups is 1. The van der Waals surface area contributed by atoms with Gasteiger partial charge >= 0.3 is 13.9 Å². The molecule has 11 nitrogen and oxygen atoms in total. The second-order valence-electron chi connectivity index (χ2n) is 6.77. The zero-order valence-electron chi connectivity index (χ0n) is 17.0. The Bertz CT molecular complexity index is 864. The lowest BCUT2D eigenvalue weighted by atomic mass is 10.1. The molecule has 0 aliphatic carbocycles. The Balaban J connectivity index is 1.78. The molecule has 1 aliphatic rings. The number of aromatic nitrogens is 2. The molecule has 2 N–H and O–H groups in total. The molecule has 2 heterocycles. The van der Waals surface area contributed by atoms with Gasteiger partial charge in [0.15, 0.2) is 23.6 Å². The van der Waals surface area contributed by atoms with Crippen LogP contribution in [0.1, 0.15) is 20.1 Å². The number of rotatable bonds is 12. The van der Waals surface area contributed by atoms with Crippen LogP contribution in [0.5, 0.6) is 0 Å². The summed E-state index contributed by atoms with van der Waals surface area (Å²) in [4.78, 5) is 36.4. The number of thioether (sulfide) groups is 1. The quantitative estimate of drug-likeness (QED) is 0.323. The van der Waals surface area contributed by atoms with Crippen LogP contribution in [-0.4, -0.2) is 70.3 Å². The second kappa shape index (κ2) is 12.5. The van der Waals surface area contributed by atoms with Gasteiger partial charge < -0.3 is 14.6 Å². The number of H-pyrrole nitrogens is 1. The molecule has 0 amide bonds. The van der Waals surface area contributed by atoms with Crippen molar-refractivity contribution in [3.8, 4) is 0 Å². The fourth-order valence-electron chi connectivity index (χ4n) is 2.59. The van der Waals surface area contributed by atoms with Crippen LogP contribution in [0, 0.1) is 5.92 Å². The first-order chi connectivity index (χ1) is 14.7. The zero-order chi connectivity index (χ0) is 23.0. The molecule has 1 fully saturated rings. The molecule has 14 heteroatoms. The minimum Gasteiger partial charge on any atom is -0.394 e. The van der Waals surface area contributed by atoms with Crippen molar-refractivity contribution in [1.82, 2.24) is 9.55 Å². The number of hydrogen-bond acceptors (Lipinski definition) is 10. The normalized spacial score (nSPS) is 24.0. The predicted molar refractivity (Wildman–Crippen MR) is 109 cm³/mol. The lowest BCUT2D eigenvalue weighted by Gasteiger charge is -2.14. The van der Waals surface area contributed by atoms with Gasteiger partial charge in [-0.05, 0) is 0 Å². The highest BCUT2D eigenvalue weighted by atomic mass is 32.2. The number of nitrogens with zero attached hydrogens (tertiary/aromatic N) is 1. The third-order valence-electron chi connectivity index (χ3n) is 4.15. The number of hydrogen-bond donors (Lipinski definition) is 2. The number of carbonyl (C=O) groups is 1. The molecule has 0 aromatic carbocycles. The van der Waals surface area contributed by atoms with Crippen LogP contribution in [0.2, 0.25) is 0 Å². The van der Waals surface area contributed by atoms with E-state index in [2.05, 4.69) is 0 Å². The highest BCUT2D eigenvalue weighted by Gasteiger charge is 2.51. The van der Waals surface area contributed by atoms with Crippen LogP contribution < -0.4 is 11.2 Å². The Labute approximate surface area is 182 Å². The fourth-order valence-corrected chi connectivity index (χ4v) is 4.06. The largest absolute Gasteiger partial charge is 0.697 e. The van der Waals surface area contributed by atoms with Crippen LogP contribution in [0.4, 0.5) is 4.39 Å². The van der Waals surface area contributed by atoms with E-state index in [1.165, 1.54) is 0 Å². The summed E-state index contributed by atoms with van der Waals surface area (Å²) in [6.07, 6.45) is -5.06. The predicted octanol–water partition coefficient (Wildman–Crippen LogP) is 0.756. The van der Waals surface area contributed by atoms with E-state index < -0.39 is 50.7 Å². The van der Waals surface area contributed by atoms with Crippen LogP contribution >= 0.6 is 20.0 Å². The Morgan fingerprint density at radius 2 is 2.13 bits per heavy atom. The molecule has 1 aliphatic heterocycles. The molecular weight excluding hydrogens is 458 g/mol. The molecule has 31 heavy (non-hydrogen) atoms. The number of nitrogens with one attached hydrogen (secondary N) is 1. The van der Waals surface area contributed by atoms with E-state index in [4.69, 9.17) is 18.5 Å². The molecule has 1 saturated heterocycles. The van der Waals surface area contributed by atoms with Crippen LogP contribution in [-0.2, 0) is 27.9 Å². The first kappa shape index (κ1) is 25.8. The first-order valence-electron chi connectivity index (χ1n) is 9.47. The standard InChI is InChI=1S/C17H24FN2O9PS/c1-10(2)16(23)31-8-7-26-5-6-27-30(25)29-14-11(9-21)28-15(13(14)18)20-4-3-12(22)19-17(20)24/h3-4,10-11,13-15,21H,5-9H2,1-2H3/p+1/t11-,13+,14?,15-/m1/s1. The van der Waals surface area contributed by atoms with Gasteiger partial charge in [-0.3, -0.25) is 19.1 Å². The lowest BCUT2D eigenvalue weighted by molar-refractivity contribution is -0.113. The number of aliphatic hydroxyl groups excluding tert-OH is 1. The number of ether oxygens (including phenoxy) is 2. The average Bonchev–Trinajstić information content (AvgIpc) is 3.02. The van der Waals surface area contributed by atoms with Crippen LogP contribution in [0.25, 0.3) is 0 Å². The SMILES string of the molecule is CC(C)C(=O)SCCOCCO[P+](=O)OC1[C@@H](CO)O[C@@H](n2ccc(=O)[nH]c2=O)[C@H]1F. The Morgan fingerprint density at radius 3 is 2.77 bits per heavy atom. The smallest absolute Gasteiger partial charge is 0.394 e. The van der Waals surface area contributed by atoms with Gasteiger partial charge in [0.25, 0.3) is 5.56 Å². The monoisotopic (exact) mass is 483 g/mol. The highest BCUT2D eigenvalue weighted by molar-refractivity contribution is 8.13. The number of carbonyl (C=O) groups excluding carboxylic acids is 1. The molecule has 0 radical (unpaired) electrons. The zero-order valence-corrected chi connectivity index (χ0v) is 18.7. The van der Waals surface area contributed by atoms with E-state index in [-0.39, 0.29) is 24.2 Å². The molecule has 0 saturated carbocycles. The van der Waals surface area contributed by atoms with E-state index in [1.54, 1.807) is 13.8 Å². The number of alkyl halides is 1. The van der Waals surface area contributed by atoms with Gasteiger partial charge in [-0.2, -0.15) is 0 Å². The lowest BCUT2D eigenvalue weighted by Crippen LogP contribution is -2.36. The van der Waals surface area contributed by atoms with Crippen molar-refractivity contribution < 1.29 is 37.4 Å². The summed E-state index contributed by atoms with van der Waals surface area (Å²) >= 11 is 1.16. The number of aromatic amines is 1. The van der Waals surface area contributed by atoms with Gasteiger partial charge in [-0.1, -0.05) is 25.6 Å². The van der Waals surface area contributed by atoms with Crippen molar-refractivity contribution in [2.75, 3.05) is 32.2 Å². The summed E-state index contributed by atoms with van der Waals surface area (Å²) in [5.41, 5.74) is -1.56. The molecule has 5 atom stereocenters. The van der Waals surface area contributed by atoms with Gasteiger partial charge in [0, 0.05) is 28.5 Å². The summed E-state index contributed by atoms with van der Waals surface area (Å²) in [7, 11) is -2.76. The van der Waals surface area contributed by atoms with E-state index in [9.17, 15) is 28.4 Å². The molecule has 2 unspecified atom stereocenters. The Hall–Kier alpha value is -1.47. The van der Waals surface area contributed by atoms with Crippen molar-refractivity contribution in [1.29, 1.82) is 0 Å². The minimum absolute atomic E-state index is 0.0569. The Kier molecular flexibility index (Phi) is 10.4. The molecule has 2 rings (SSSR count). The maximum atomic E-state index is 14.8.